The van der Waals surface area contributed by atoms with E-state index in [2.05, 4.69) is 10.3 Å². The molecule has 0 saturated heterocycles. The Bertz CT molecular complexity index is 783. The highest BCUT2D eigenvalue weighted by molar-refractivity contribution is 5.96. The van der Waals surface area contributed by atoms with Gasteiger partial charge in [-0.05, 0) is 44.5 Å². The quantitative estimate of drug-likeness (QED) is 0.567. The monoisotopic (exact) mass is 402 g/mol. The third kappa shape index (κ3) is 8.21. The highest BCUT2D eigenvalue weighted by Gasteiger charge is 2.15. The largest absolute Gasteiger partial charge is 0.492 e. The maximum absolute atomic E-state index is 11.9. The number of ether oxygens (including phenoxy) is 3. The fourth-order valence-corrected chi connectivity index (χ4v) is 2.28. The van der Waals surface area contributed by atoms with Crippen molar-refractivity contribution in [3.8, 4) is 16.9 Å². The highest BCUT2D eigenvalue weighted by atomic mass is 16.6. The van der Waals surface area contributed by atoms with Crippen LogP contribution in [0, 0.1) is 0 Å². The van der Waals surface area contributed by atoms with E-state index in [1.165, 1.54) is 7.11 Å². The average molecular weight is 402 g/mol. The number of alkyl carbamates (subject to hydrolysis) is 1. The molecule has 0 radical (unpaired) electrons. The summed E-state index contributed by atoms with van der Waals surface area (Å²) in [7, 11) is 1.34. The molecule has 2 rings (SSSR count). The number of carbonyl (C=O) groups is 2. The number of esters is 1. The van der Waals surface area contributed by atoms with Gasteiger partial charge in [0.05, 0.1) is 19.2 Å². The molecule has 29 heavy (non-hydrogen) atoms. The normalized spacial score (nSPS) is 10.3. The Hall–Kier alpha value is -3.09. The van der Waals surface area contributed by atoms with Crippen molar-refractivity contribution in [1.29, 1.82) is 0 Å². The molecule has 1 heterocycles. The predicted octanol–water partition coefficient (Wildman–Crippen LogP) is 4.46. The molecule has 1 amide bonds. The van der Waals surface area contributed by atoms with Crippen LogP contribution in [0.4, 0.5) is 4.79 Å². The summed E-state index contributed by atoms with van der Waals surface area (Å²) in [6, 6.07) is 8.86. The number of benzene rings is 1. The van der Waals surface area contributed by atoms with Crippen LogP contribution in [0.25, 0.3) is 11.1 Å². The number of nitrogens with zero attached hydrogens (tertiary/aromatic N) is 1. The standard InChI is InChI=1S/C20H24N2O5.C2H6/c1-20(2,3)27-19(24)22-11-12-26-15-7-5-14(6-8-15)17-13-21-10-9-16(17)18(23)25-4;1-2/h5-10,13H,11-12H2,1-4H3,(H,22,24);1-2H3. The predicted molar refractivity (Wildman–Crippen MR) is 112 cm³/mol. The maximum Gasteiger partial charge on any atom is 0.407 e. The molecule has 1 aromatic carbocycles. The molecule has 7 heteroatoms. The molecular weight excluding hydrogens is 372 g/mol. The van der Waals surface area contributed by atoms with Crippen molar-refractivity contribution < 1.29 is 23.8 Å². The number of nitrogens with one attached hydrogen (secondary N) is 1. The number of hydrogen-bond acceptors (Lipinski definition) is 6. The minimum absolute atomic E-state index is 0.304. The maximum atomic E-state index is 11.9. The van der Waals surface area contributed by atoms with Gasteiger partial charge in [-0.3, -0.25) is 4.98 Å². The van der Waals surface area contributed by atoms with Gasteiger partial charge in [0.15, 0.2) is 0 Å². The number of hydrogen-bond donors (Lipinski definition) is 1. The van der Waals surface area contributed by atoms with Crippen molar-refractivity contribution in [2.75, 3.05) is 20.3 Å². The number of aromatic nitrogens is 1. The molecule has 7 nitrogen and oxygen atoms in total. The van der Waals surface area contributed by atoms with Crippen molar-refractivity contribution in [3.63, 3.8) is 0 Å². The molecule has 0 unspecified atom stereocenters. The number of methoxy groups -OCH3 is 1. The van der Waals surface area contributed by atoms with Crippen LogP contribution < -0.4 is 10.1 Å². The van der Waals surface area contributed by atoms with Crippen LogP contribution in [0.15, 0.2) is 42.7 Å². The first-order valence-corrected chi connectivity index (χ1v) is 9.52. The van der Waals surface area contributed by atoms with Crippen LogP contribution in [0.3, 0.4) is 0 Å². The van der Waals surface area contributed by atoms with E-state index in [-0.39, 0.29) is 0 Å². The summed E-state index contributed by atoms with van der Waals surface area (Å²) >= 11 is 0. The van der Waals surface area contributed by atoms with Gasteiger partial charge in [-0.2, -0.15) is 0 Å². The van der Waals surface area contributed by atoms with E-state index in [0.717, 1.165) is 5.56 Å². The van der Waals surface area contributed by atoms with Crippen molar-refractivity contribution in [2.45, 2.75) is 40.2 Å². The molecule has 0 aliphatic rings. The third-order valence-corrected chi connectivity index (χ3v) is 3.43. The Kier molecular flexibility index (Phi) is 9.65. The van der Waals surface area contributed by atoms with Crippen LogP contribution in [-0.4, -0.2) is 42.9 Å². The first-order valence-electron chi connectivity index (χ1n) is 9.52. The first kappa shape index (κ1) is 23.9. The molecule has 2 aromatic rings. The Labute approximate surface area is 172 Å². The fourth-order valence-electron chi connectivity index (χ4n) is 2.28. The van der Waals surface area contributed by atoms with Gasteiger partial charge in [0.25, 0.3) is 0 Å². The van der Waals surface area contributed by atoms with Gasteiger partial charge < -0.3 is 19.5 Å². The molecule has 0 aliphatic carbocycles. The number of rotatable bonds is 6. The van der Waals surface area contributed by atoms with Crippen LogP contribution in [0.2, 0.25) is 0 Å². The molecular formula is C22H30N2O5. The average Bonchev–Trinajstić information content (AvgIpc) is 2.71. The lowest BCUT2D eigenvalue weighted by atomic mass is 10.0. The zero-order valence-electron chi connectivity index (χ0n) is 17.9. The van der Waals surface area contributed by atoms with Crippen molar-refractivity contribution in [3.05, 3.63) is 48.3 Å². The van der Waals surface area contributed by atoms with Gasteiger partial charge in [0.2, 0.25) is 0 Å². The number of pyridine rings is 1. The number of amides is 1. The molecule has 0 bridgehead atoms. The molecule has 0 spiro atoms. The zero-order chi connectivity index (χ0) is 21.9. The van der Waals surface area contributed by atoms with Crippen molar-refractivity contribution in [1.82, 2.24) is 10.3 Å². The Balaban J connectivity index is 0.00000204. The van der Waals surface area contributed by atoms with Gasteiger partial charge in [-0.25, -0.2) is 9.59 Å². The molecule has 1 N–H and O–H groups in total. The fraction of sp³-hybridized carbons (Fsp3) is 0.409. The van der Waals surface area contributed by atoms with Gasteiger partial charge in [0.1, 0.15) is 18.0 Å². The number of carbonyl (C=O) groups excluding carboxylic acids is 2. The SMILES string of the molecule is CC.COC(=O)c1ccncc1-c1ccc(OCCNC(=O)OC(C)(C)C)cc1. The van der Waals surface area contributed by atoms with Crippen molar-refractivity contribution >= 4 is 12.1 Å². The minimum atomic E-state index is -0.532. The summed E-state index contributed by atoms with van der Waals surface area (Å²) in [6.07, 6.45) is 2.69. The summed E-state index contributed by atoms with van der Waals surface area (Å²) in [6.45, 7) is 10.0. The van der Waals surface area contributed by atoms with E-state index in [4.69, 9.17) is 14.2 Å². The van der Waals surface area contributed by atoms with E-state index in [1.807, 2.05) is 26.0 Å². The highest BCUT2D eigenvalue weighted by Crippen LogP contribution is 2.25. The van der Waals surface area contributed by atoms with E-state index >= 15 is 0 Å². The van der Waals surface area contributed by atoms with Gasteiger partial charge in [-0.1, -0.05) is 26.0 Å². The Morgan fingerprint density at radius 2 is 1.72 bits per heavy atom. The summed E-state index contributed by atoms with van der Waals surface area (Å²) in [4.78, 5) is 27.5. The van der Waals surface area contributed by atoms with E-state index < -0.39 is 17.7 Å². The Morgan fingerprint density at radius 3 is 2.31 bits per heavy atom. The minimum Gasteiger partial charge on any atom is -0.492 e. The molecule has 0 fully saturated rings. The van der Waals surface area contributed by atoms with Crippen LogP contribution in [0.1, 0.15) is 45.0 Å². The van der Waals surface area contributed by atoms with E-state index in [1.54, 1.807) is 51.4 Å². The first-order chi connectivity index (χ1) is 13.8. The van der Waals surface area contributed by atoms with E-state index in [0.29, 0.717) is 30.0 Å². The lowest BCUT2D eigenvalue weighted by Gasteiger charge is -2.19. The smallest absolute Gasteiger partial charge is 0.407 e. The molecule has 0 atom stereocenters. The molecule has 0 aliphatic heterocycles. The van der Waals surface area contributed by atoms with Gasteiger partial charge in [0, 0.05) is 18.0 Å². The van der Waals surface area contributed by atoms with Gasteiger partial charge >= 0.3 is 12.1 Å². The van der Waals surface area contributed by atoms with Crippen LogP contribution in [0.5, 0.6) is 5.75 Å². The molecule has 158 valence electrons. The second kappa shape index (κ2) is 11.7. The summed E-state index contributed by atoms with van der Waals surface area (Å²) in [5.41, 5.74) is 1.42. The Morgan fingerprint density at radius 1 is 1.07 bits per heavy atom. The van der Waals surface area contributed by atoms with Crippen LogP contribution >= 0.6 is 0 Å². The lowest BCUT2D eigenvalue weighted by molar-refractivity contribution is 0.0519. The summed E-state index contributed by atoms with van der Waals surface area (Å²) in [5, 5.41) is 2.63. The third-order valence-electron chi connectivity index (χ3n) is 3.43. The zero-order valence-corrected chi connectivity index (χ0v) is 17.9. The molecule has 1 aromatic heterocycles. The van der Waals surface area contributed by atoms with E-state index in [9.17, 15) is 9.59 Å². The second-order valence-electron chi connectivity index (χ2n) is 6.71. The van der Waals surface area contributed by atoms with Crippen LogP contribution in [-0.2, 0) is 9.47 Å². The van der Waals surface area contributed by atoms with Gasteiger partial charge in [-0.15, -0.1) is 0 Å². The molecule has 0 saturated carbocycles. The second-order valence-corrected chi connectivity index (χ2v) is 6.71. The topological polar surface area (TPSA) is 86.8 Å². The summed E-state index contributed by atoms with van der Waals surface area (Å²) < 4.78 is 15.5. The van der Waals surface area contributed by atoms with Crippen molar-refractivity contribution in [2.24, 2.45) is 0 Å². The lowest BCUT2D eigenvalue weighted by Crippen LogP contribution is -2.34. The summed E-state index contributed by atoms with van der Waals surface area (Å²) in [5.74, 6) is 0.231.